The molecule has 5 heteroatoms. The van der Waals surface area contributed by atoms with Gasteiger partial charge >= 0.3 is 0 Å². The molecule has 0 radical (unpaired) electrons. The van der Waals surface area contributed by atoms with Crippen LogP contribution in [0.2, 0.25) is 0 Å². The molecule has 0 saturated heterocycles. The van der Waals surface area contributed by atoms with Gasteiger partial charge in [-0.1, -0.05) is 6.92 Å². The first-order chi connectivity index (χ1) is 10.7. The van der Waals surface area contributed by atoms with E-state index in [0.29, 0.717) is 32.8 Å². The topological polar surface area (TPSA) is 56.8 Å². The van der Waals surface area contributed by atoms with Crippen molar-refractivity contribution in [3.63, 3.8) is 0 Å². The summed E-state index contributed by atoms with van der Waals surface area (Å²) in [5.41, 5.74) is -0.339. The van der Waals surface area contributed by atoms with Crippen molar-refractivity contribution >= 4 is 5.91 Å². The third-order valence-corrected chi connectivity index (χ3v) is 3.86. The van der Waals surface area contributed by atoms with Gasteiger partial charge in [0.05, 0.1) is 17.8 Å². The molecule has 5 nitrogen and oxygen atoms in total. The number of nitrogens with one attached hydrogen (secondary N) is 1. The third-order valence-electron chi connectivity index (χ3n) is 3.86. The summed E-state index contributed by atoms with van der Waals surface area (Å²) in [4.78, 5) is 11.3. The maximum absolute atomic E-state index is 11.3. The van der Waals surface area contributed by atoms with Gasteiger partial charge in [0.1, 0.15) is 0 Å². The summed E-state index contributed by atoms with van der Waals surface area (Å²) in [6, 6.07) is 0. The molecule has 23 heavy (non-hydrogen) atoms. The van der Waals surface area contributed by atoms with E-state index in [1.54, 1.807) is 7.11 Å². The number of rotatable bonds is 14. The standard InChI is InChI=1S/C18H37NO4/c1-7-9-16(20)19-12-8-13-22-14-10-18(4,5)23-15-11-17(2,3)21-6/h7-15H2,1-6H3,(H,19,20). The van der Waals surface area contributed by atoms with Crippen LogP contribution in [0.4, 0.5) is 0 Å². The number of methoxy groups -OCH3 is 1. The Balaban J connectivity index is 3.60. The second-order valence-electron chi connectivity index (χ2n) is 7.14. The van der Waals surface area contributed by atoms with Crippen molar-refractivity contribution in [3.8, 4) is 0 Å². The van der Waals surface area contributed by atoms with Crippen molar-refractivity contribution in [3.05, 3.63) is 0 Å². The van der Waals surface area contributed by atoms with Gasteiger partial charge in [-0.15, -0.1) is 0 Å². The van der Waals surface area contributed by atoms with Crippen LogP contribution in [0.3, 0.4) is 0 Å². The van der Waals surface area contributed by atoms with E-state index in [1.807, 2.05) is 6.92 Å². The molecule has 0 aromatic carbocycles. The smallest absolute Gasteiger partial charge is 0.219 e. The molecular formula is C18H37NO4. The highest BCUT2D eigenvalue weighted by molar-refractivity contribution is 5.75. The van der Waals surface area contributed by atoms with Gasteiger partial charge in [-0.2, -0.15) is 0 Å². The van der Waals surface area contributed by atoms with Gasteiger partial charge in [0.15, 0.2) is 0 Å². The van der Waals surface area contributed by atoms with Gasteiger partial charge in [-0.05, 0) is 53.4 Å². The van der Waals surface area contributed by atoms with Gasteiger partial charge in [0, 0.05) is 33.3 Å². The molecular weight excluding hydrogens is 294 g/mol. The van der Waals surface area contributed by atoms with E-state index in [2.05, 4.69) is 33.0 Å². The Morgan fingerprint density at radius 2 is 1.65 bits per heavy atom. The highest BCUT2D eigenvalue weighted by Gasteiger charge is 2.21. The number of carbonyl (C=O) groups excluding carboxylic acids is 1. The maximum atomic E-state index is 11.3. The quantitative estimate of drug-likeness (QED) is 0.496. The van der Waals surface area contributed by atoms with Gasteiger partial charge in [-0.3, -0.25) is 4.79 Å². The van der Waals surface area contributed by atoms with Crippen LogP contribution in [0.15, 0.2) is 0 Å². The minimum atomic E-state index is -0.195. The van der Waals surface area contributed by atoms with Gasteiger partial charge in [-0.25, -0.2) is 0 Å². The molecule has 0 fully saturated rings. The van der Waals surface area contributed by atoms with Crippen LogP contribution in [-0.4, -0.2) is 50.6 Å². The van der Waals surface area contributed by atoms with Crippen LogP contribution in [0.5, 0.6) is 0 Å². The molecule has 0 atom stereocenters. The van der Waals surface area contributed by atoms with Crippen molar-refractivity contribution in [2.24, 2.45) is 0 Å². The first-order valence-electron chi connectivity index (χ1n) is 8.76. The van der Waals surface area contributed by atoms with Crippen LogP contribution < -0.4 is 5.32 Å². The highest BCUT2D eigenvalue weighted by atomic mass is 16.5. The molecule has 0 saturated carbocycles. The lowest BCUT2D eigenvalue weighted by molar-refractivity contribution is -0.121. The highest BCUT2D eigenvalue weighted by Crippen LogP contribution is 2.18. The number of hydrogen-bond donors (Lipinski definition) is 1. The third kappa shape index (κ3) is 13.5. The van der Waals surface area contributed by atoms with Gasteiger partial charge < -0.3 is 19.5 Å². The van der Waals surface area contributed by atoms with E-state index in [0.717, 1.165) is 25.7 Å². The molecule has 1 N–H and O–H groups in total. The fraction of sp³-hybridized carbons (Fsp3) is 0.944. The normalized spacial score (nSPS) is 12.4. The predicted octanol–water partition coefficient (Wildman–Crippen LogP) is 3.31. The molecule has 0 aliphatic carbocycles. The SMILES string of the molecule is CCCC(=O)NCCCOCCC(C)(C)OCCC(C)(C)OC. The summed E-state index contributed by atoms with van der Waals surface area (Å²) in [7, 11) is 1.73. The van der Waals surface area contributed by atoms with Crippen molar-refractivity contribution in [1.82, 2.24) is 5.32 Å². The fourth-order valence-electron chi connectivity index (χ4n) is 1.88. The second kappa shape index (κ2) is 11.8. The van der Waals surface area contributed by atoms with Crippen LogP contribution in [-0.2, 0) is 19.0 Å². The van der Waals surface area contributed by atoms with E-state index in [1.165, 1.54) is 0 Å². The Kier molecular flexibility index (Phi) is 11.5. The molecule has 0 rings (SSSR count). The number of ether oxygens (including phenoxy) is 3. The van der Waals surface area contributed by atoms with E-state index in [4.69, 9.17) is 14.2 Å². The number of amides is 1. The Hall–Kier alpha value is -0.650. The second-order valence-corrected chi connectivity index (χ2v) is 7.14. The first kappa shape index (κ1) is 22.4. The largest absolute Gasteiger partial charge is 0.381 e. The van der Waals surface area contributed by atoms with Crippen molar-refractivity contribution in [1.29, 1.82) is 0 Å². The van der Waals surface area contributed by atoms with Crippen molar-refractivity contribution in [2.45, 2.75) is 77.9 Å². The average molecular weight is 331 g/mol. The average Bonchev–Trinajstić information content (AvgIpc) is 2.46. The lowest BCUT2D eigenvalue weighted by atomic mass is 10.0. The van der Waals surface area contributed by atoms with Gasteiger partial charge in [0.2, 0.25) is 5.91 Å². The Bertz CT molecular complexity index is 316. The van der Waals surface area contributed by atoms with E-state index < -0.39 is 0 Å². The van der Waals surface area contributed by atoms with Gasteiger partial charge in [0.25, 0.3) is 0 Å². The summed E-state index contributed by atoms with van der Waals surface area (Å²) in [6.45, 7) is 13.0. The zero-order valence-electron chi connectivity index (χ0n) is 16.0. The summed E-state index contributed by atoms with van der Waals surface area (Å²) in [5, 5.41) is 2.88. The Labute approximate surface area is 142 Å². The maximum Gasteiger partial charge on any atom is 0.219 e. The molecule has 0 bridgehead atoms. The number of carbonyl (C=O) groups is 1. The van der Waals surface area contributed by atoms with Crippen molar-refractivity contribution in [2.75, 3.05) is 33.5 Å². The van der Waals surface area contributed by atoms with Crippen molar-refractivity contribution < 1.29 is 19.0 Å². The van der Waals surface area contributed by atoms with E-state index in [-0.39, 0.29) is 17.1 Å². The molecule has 0 aromatic rings. The van der Waals surface area contributed by atoms with E-state index in [9.17, 15) is 4.79 Å². The molecule has 138 valence electrons. The Morgan fingerprint density at radius 1 is 1.00 bits per heavy atom. The summed E-state index contributed by atoms with van der Waals surface area (Å²) >= 11 is 0. The minimum absolute atomic E-state index is 0.126. The van der Waals surface area contributed by atoms with Crippen LogP contribution in [0.25, 0.3) is 0 Å². The zero-order valence-corrected chi connectivity index (χ0v) is 16.0. The summed E-state index contributed by atoms with van der Waals surface area (Å²) in [6.07, 6.45) is 4.05. The molecule has 0 aromatic heterocycles. The fourth-order valence-corrected chi connectivity index (χ4v) is 1.88. The minimum Gasteiger partial charge on any atom is -0.381 e. The van der Waals surface area contributed by atoms with E-state index >= 15 is 0 Å². The molecule has 0 unspecified atom stereocenters. The van der Waals surface area contributed by atoms with Crippen LogP contribution in [0.1, 0.15) is 66.7 Å². The van der Waals surface area contributed by atoms with Crippen LogP contribution in [0, 0.1) is 0 Å². The Morgan fingerprint density at radius 3 is 2.26 bits per heavy atom. The predicted molar refractivity (Wildman–Crippen MR) is 93.7 cm³/mol. The lowest BCUT2D eigenvalue weighted by Crippen LogP contribution is -2.31. The summed E-state index contributed by atoms with van der Waals surface area (Å²) in [5.74, 6) is 0.126. The molecule has 1 amide bonds. The molecule has 0 aliphatic heterocycles. The molecule has 0 aliphatic rings. The number of hydrogen-bond acceptors (Lipinski definition) is 4. The summed E-state index contributed by atoms with van der Waals surface area (Å²) < 4.78 is 16.9. The molecule has 0 heterocycles. The molecule has 0 spiro atoms. The monoisotopic (exact) mass is 331 g/mol. The zero-order chi connectivity index (χ0) is 17.8. The van der Waals surface area contributed by atoms with Crippen LogP contribution >= 0.6 is 0 Å². The lowest BCUT2D eigenvalue weighted by Gasteiger charge is -2.28. The first-order valence-corrected chi connectivity index (χ1v) is 8.76.